The zero-order chi connectivity index (χ0) is 9.31. The average Bonchev–Trinajstić information content (AvgIpc) is 2.54. The van der Waals surface area contributed by atoms with Crippen LogP contribution in [0, 0.1) is 6.92 Å². The molecular weight excluding hydrogens is 194 g/mol. The van der Waals surface area contributed by atoms with E-state index in [-0.39, 0.29) is 0 Å². The molecule has 0 bridgehead atoms. The van der Waals surface area contributed by atoms with Crippen molar-refractivity contribution in [1.82, 2.24) is 4.98 Å². The Bertz CT molecular complexity index is 290. The molecule has 0 saturated carbocycles. The molecule has 1 aromatic rings. The van der Waals surface area contributed by atoms with E-state index in [9.17, 15) is 0 Å². The second kappa shape index (κ2) is 3.48. The minimum atomic E-state index is -1.32. The van der Waals surface area contributed by atoms with Crippen molar-refractivity contribution >= 4 is 23.8 Å². The van der Waals surface area contributed by atoms with Gasteiger partial charge in [-0.25, -0.2) is 0 Å². The highest BCUT2D eigenvalue weighted by Crippen LogP contribution is 2.21. The first-order valence-corrected chi connectivity index (χ1v) is 8.88. The number of nitrogens with one attached hydrogen (secondary N) is 1. The summed E-state index contributed by atoms with van der Waals surface area (Å²) in [5, 5.41) is 1.53. The summed E-state index contributed by atoms with van der Waals surface area (Å²) in [4.78, 5) is 3.67. The Labute approximate surface area is 84.7 Å². The molecule has 1 N–H and O–H groups in total. The third-order valence-corrected chi connectivity index (χ3v) is 9.39. The van der Waals surface area contributed by atoms with Gasteiger partial charge in [-0.2, -0.15) is 11.2 Å². The molecule has 0 spiro atoms. The van der Waals surface area contributed by atoms with E-state index in [1.54, 1.807) is 0 Å². The van der Waals surface area contributed by atoms with Crippen LogP contribution in [0.5, 0.6) is 0 Å². The number of hydrogen-bond donors (Lipinski definition) is 1. The quantitative estimate of drug-likeness (QED) is 0.705. The van der Waals surface area contributed by atoms with Crippen LogP contribution in [-0.4, -0.2) is 19.7 Å². The molecule has 1 saturated heterocycles. The number of benzene rings is 1. The van der Waals surface area contributed by atoms with E-state index in [0.29, 0.717) is 0 Å². The predicted octanol–water partition coefficient (Wildman–Crippen LogP) is 1.61. The lowest BCUT2D eigenvalue weighted by Crippen LogP contribution is -2.51. The van der Waals surface area contributed by atoms with Gasteiger partial charge in [0.05, 0.1) is 0 Å². The Hall–Kier alpha value is -0.253. The van der Waals surface area contributed by atoms with Gasteiger partial charge in [0.15, 0.2) is 0 Å². The van der Waals surface area contributed by atoms with E-state index in [4.69, 9.17) is 0 Å². The van der Waals surface area contributed by atoms with Crippen LogP contribution in [0.2, 0.25) is 6.55 Å². The lowest BCUT2D eigenvalue weighted by Gasteiger charge is -2.20. The van der Waals surface area contributed by atoms with Crippen LogP contribution in [-0.2, 0) is 0 Å². The van der Waals surface area contributed by atoms with Gasteiger partial charge in [-0.15, -0.1) is 0 Å². The Kier molecular flexibility index (Phi) is 2.49. The summed E-state index contributed by atoms with van der Waals surface area (Å²) in [6.07, 6.45) is 0. The maximum absolute atomic E-state index is 3.67. The van der Waals surface area contributed by atoms with Gasteiger partial charge in [0.25, 0.3) is 0 Å². The van der Waals surface area contributed by atoms with Gasteiger partial charge in [0.2, 0.25) is 7.38 Å². The number of rotatable bonds is 1. The van der Waals surface area contributed by atoms with Gasteiger partial charge in [-0.1, -0.05) is 29.8 Å². The van der Waals surface area contributed by atoms with Gasteiger partial charge >= 0.3 is 0 Å². The maximum atomic E-state index is 3.67. The van der Waals surface area contributed by atoms with E-state index in [1.165, 1.54) is 23.0 Å². The minimum Gasteiger partial charge on any atom is -0.325 e. The monoisotopic (exact) mass is 209 g/mol. The normalized spacial score (nSPS) is 27.8. The van der Waals surface area contributed by atoms with Crippen molar-refractivity contribution in [2.75, 3.05) is 12.3 Å². The molecule has 2 rings (SSSR count). The molecule has 1 aromatic carbocycles. The lowest BCUT2D eigenvalue weighted by atomic mass is 10.2. The minimum absolute atomic E-state index is 1.18. The Morgan fingerprint density at radius 3 is 2.54 bits per heavy atom. The van der Waals surface area contributed by atoms with Crippen molar-refractivity contribution in [2.24, 2.45) is 0 Å². The van der Waals surface area contributed by atoms with Gasteiger partial charge in [-0.3, -0.25) is 0 Å². The zero-order valence-corrected chi connectivity index (χ0v) is 9.95. The van der Waals surface area contributed by atoms with E-state index < -0.39 is 7.38 Å². The van der Waals surface area contributed by atoms with Crippen LogP contribution < -0.4 is 10.2 Å². The van der Waals surface area contributed by atoms with E-state index >= 15 is 0 Å². The van der Waals surface area contributed by atoms with Crippen LogP contribution >= 0.6 is 11.2 Å². The fraction of sp³-hybridized carbons (Fsp3) is 0.400. The van der Waals surface area contributed by atoms with E-state index in [2.05, 4.69) is 53.9 Å². The fourth-order valence-electron chi connectivity index (χ4n) is 1.65. The SMILES string of the molecule is Cc1ccc([Si]2(C)NCCS2)cc1. The first kappa shape index (κ1) is 9.31. The highest BCUT2D eigenvalue weighted by Gasteiger charge is 2.33. The molecule has 1 aliphatic rings. The van der Waals surface area contributed by atoms with Crippen molar-refractivity contribution in [2.45, 2.75) is 13.5 Å². The molecule has 0 aliphatic carbocycles. The topological polar surface area (TPSA) is 12.0 Å². The second-order valence-corrected chi connectivity index (χ2v) is 10.7. The molecule has 3 heteroatoms. The molecule has 1 heterocycles. The number of aryl methyl sites for hydroxylation is 1. The fourth-order valence-corrected chi connectivity index (χ4v) is 7.38. The first-order chi connectivity index (χ1) is 6.21. The van der Waals surface area contributed by atoms with Crippen LogP contribution in [0.3, 0.4) is 0 Å². The Morgan fingerprint density at radius 2 is 2.00 bits per heavy atom. The van der Waals surface area contributed by atoms with Gasteiger partial charge in [0.1, 0.15) is 0 Å². The maximum Gasteiger partial charge on any atom is 0.217 e. The standard InChI is InChI=1S/C10H15NSSi/c1-9-3-5-10(6-4-9)13(2)11-7-8-12-13/h3-6,11H,7-8H2,1-2H3. The summed E-state index contributed by atoms with van der Waals surface area (Å²) >= 11 is 2.13. The van der Waals surface area contributed by atoms with Crippen LogP contribution in [0.1, 0.15) is 5.56 Å². The number of hydrogen-bond acceptors (Lipinski definition) is 2. The Balaban J connectivity index is 2.29. The molecule has 70 valence electrons. The molecule has 1 aliphatic heterocycles. The zero-order valence-electron chi connectivity index (χ0n) is 8.13. The van der Waals surface area contributed by atoms with E-state index in [1.807, 2.05) is 0 Å². The molecular formula is C10H15NSSi. The van der Waals surface area contributed by atoms with Gasteiger partial charge in [-0.05, 0) is 25.2 Å². The first-order valence-electron chi connectivity index (χ1n) is 4.67. The third-order valence-electron chi connectivity index (χ3n) is 2.56. The van der Waals surface area contributed by atoms with Crippen molar-refractivity contribution in [3.05, 3.63) is 29.8 Å². The molecule has 1 unspecified atom stereocenters. The molecule has 0 aromatic heterocycles. The van der Waals surface area contributed by atoms with Crippen molar-refractivity contribution in [3.8, 4) is 0 Å². The van der Waals surface area contributed by atoms with Crippen molar-refractivity contribution in [1.29, 1.82) is 0 Å². The van der Waals surface area contributed by atoms with Crippen LogP contribution in [0.15, 0.2) is 24.3 Å². The van der Waals surface area contributed by atoms with E-state index in [0.717, 1.165) is 0 Å². The average molecular weight is 209 g/mol. The van der Waals surface area contributed by atoms with Crippen molar-refractivity contribution < 1.29 is 0 Å². The molecule has 1 fully saturated rings. The Morgan fingerprint density at radius 1 is 1.31 bits per heavy atom. The highest BCUT2D eigenvalue weighted by molar-refractivity contribution is 8.30. The van der Waals surface area contributed by atoms with Crippen LogP contribution in [0.4, 0.5) is 0 Å². The molecule has 0 radical (unpaired) electrons. The summed E-state index contributed by atoms with van der Waals surface area (Å²) in [7, 11) is -1.32. The molecule has 0 amide bonds. The predicted molar refractivity (Wildman–Crippen MR) is 62.9 cm³/mol. The van der Waals surface area contributed by atoms with Crippen molar-refractivity contribution in [3.63, 3.8) is 0 Å². The smallest absolute Gasteiger partial charge is 0.217 e. The summed E-state index contributed by atoms with van der Waals surface area (Å²) in [5.74, 6) is 1.27. The lowest BCUT2D eigenvalue weighted by molar-refractivity contribution is 1.02. The second-order valence-electron chi connectivity index (χ2n) is 3.67. The van der Waals surface area contributed by atoms with Crippen LogP contribution in [0.25, 0.3) is 0 Å². The molecule has 13 heavy (non-hydrogen) atoms. The third kappa shape index (κ3) is 1.82. The summed E-state index contributed by atoms with van der Waals surface area (Å²) < 4.78 is 0. The van der Waals surface area contributed by atoms with Gasteiger partial charge in [0, 0.05) is 5.75 Å². The summed E-state index contributed by atoms with van der Waals surface area (Å²) in [5.41, 5.74) is 1.35. The summed E-state index contributed by atoms with van der Waals surface area (Å²) in [6, 6.07) is 9.00. The van der Waals surface area contributed by atoms with Gasteiger partial charge < -0.3 is 4.98 Å². The highest BCUT2D eigenvalue weighted by atomic mass is 32.4. The molecule has 1 nitrogen and oxygen atoms in total. The molecule has 1 atom stereocenters. The largest absolute Gasteiger partial charge is 0.325 e. The summed E-state index contributed by atoms with van der Waals surface area (Å²) in [6.45, 7) is 5.72.